The first kappa shape index (κ1) is 9.12. The molecule has 0 spiro atoms. The fourth-order valence-corrected chi connectivity index (χ4v) is 1.75. The fourth-order valence-electron chi connectivity index (χ4n) is 1.16. The molecule has 5 heteroatoms. The predicted molar refractivity (Wildman–Crippen MR) is 43.9 cm³/mol. The van der Waals surface area contributed by atoms with E-state index >= 15 is 0 Å². The summed E-state index contributed by atoms with van der Waals surface area (Å²) >= 11 is 0. The summed E-state index contributed by atoms with van der Waals surface area (Å²) in [4.78, 5) is 4.62. The second-order valence-electron chi connectivity index (χ2n) is 2.85. The van der Waals surface area contributed by atoms with E-state index in [0.717, 1.165) is 12.8 Å². The molecule has 0 aromatic rings. The molecular weight excluding hydrogens is 164 g/mol. The minimum Gasteiger partial charge on any atom is -0.301 e. The molecule has 1 rings (SSSR count). The van der Waals surface area contributed by atoms with Crippen LogP contribution < -0.4 is 5.90 Å². The van der Waals surface area contributed by atoms with Gasteiger partial charge in [-0.15, -0.1) is 0 Å². The van der Waals surface area contributed by atoms with Gasteiger partial charge < -0.3 is 4.84 Å². The van der Waals surface area contributed by atoms with Gasteiger partial charge in [0, 0.05) is 19.3 Å². The number of hydrogen-bond donors (Lipinski definition) is 1. The molecule has 1 saturated carbocycles. The molecule has 0 bridgehead atoms. The normalized spacial score (nSPS) is 33.5. The monoisotopic (exact) mass is 178 g/mol. The van der Waals surface area contributed by atoms with E-state index in [4.69, 9.17) is 5.90 Å². The van der Waals surface area contributed by atoms with Crippen LogP contribution in [0, 0.1) is 0 Å². The summed E-state index contributed by atoms with van der Waals surface area (Å²) in [5, 5.41) is 0. The Morgan fingerprint density at radius 1 is 1.64 bits per heavy atom. The molecule has 0 heterocycles. The van der Waals surface area contributed by atoms with Crippen molar-refractivity contribution >= 4 is 11.0 Å². The summed E-state index contributed by atoms with van der Waals surface area (Å²) in [6.45, 7) is 0. The van der Waals surface area contributed by atoms with Crippen molar-refractivity contribution in [3.63, 3.8) is 0 Å². The Hall–Kier alpha value is 0.0300. The van der Waals surface area contributed by atoms with Crippen molar-refractivity contribution in [1.82, 2.24) is 4.31 Å². The van der Waals surface area contributed by atoms with Crippen LogP contribution in [-0.4, -0.2) is 34.0 Å². The lowest BCUT2D eigenvalue weighted by Gasteiger charge is -2.38. The first-order chi connectivity index (χ1) is 5.15. The highest BCUT2D eigenvalue weighted by molar-refractivity contribution is 7.81. The summed E-state index contributed by atoms with van der Waals surface area (Å²) in [6, 6.07) is 0.384. The van der Waals surface area contributed by atoms with E-state index < -0.39 is 11.0 Å². The number of nitrogens with zero attached hydrogens (tertiary/aromatic N) is 1. The van der Waals surface area contributed by atoms with Crippen LogP contribution in [0.25, 0.3) is 0 Å². The maximum Gasteiger partial charge on any atom is 0.0910 e. The number of hydrogen-bond acceptors (Lipinski definition) is 3. The second kappa shape index (κ2) is 3.62. The Labute approximate surface area is 69.2 Å². The minimum atomic E-state index is -0.869. The SMILES string of the molecule is CN(C1CC(ON)C1)S(C)=O. The summed E-state index contributed by atoms with van der Waals surface area (Å²) in [5.41, 5.74) is 0. The maximum absolute atomic E-state index is 10.9. The fraction of sp³-hybridized carbons (Fsp3) is 1.00. The molecule has 0 aromatic carbocycles. The molecule has 11 heavy (non-hydrogen) atoms. The summed E-state index contributed by atoms with van der Waals surface area (Å²) < 4.78 is 12.8. The third-order valence-corrected chi connectivity index (χ3v) is 3.29. The highest BCUT2D eigenvalue weighted by Gasteiger charge is 2.33. The van der Waals surface area contributed by atoms with Gasteiger partial charge in [-0.2, -0.15) is 0 Å². The largest absolute Gasteiger partial charge is 0.301 e. The summed E-state index contributed by atoms with van der Waals surface area (Å²) in [7, 11) is 0.986. The van der Waals surface area contributed by atoms with E-state index in [1.54, 1.807) is 6.26 Å². The minimum absolute atomic E-state index is 0.172. The van der Waals surface area contributed by atoms with Crippen molar-refractivity contribution in [3.05, 3.63) is 0 Å². The predicted octanol–water partition coefficient (Wildman–Crippen LogP) is -0.367. The first-order valence-corrected chi connectivity index (χ1v) is 5.08. The van der Waals surface area contributed by atoms with Crippen LogP contribution in [-0.2, 0) is 15.8 Å². The van der Waals surface area contributed by atoms with Gasteiger partial charge in [0.05, 0.1) is 17.1 Å². The van der Waals surface area contributed by atoms with Crippen LogP contribution >= 0.6 is 0 Å². The quantitative estimate of drug-likeness (QED) is 0.600. The topological polar surface area (TPSA) is 55.6 Å². The van der Waals surface area contributed by atoms with Gasteiger partial charge in [-0.05, 0) is 12.8 Å². The Bertz CT molecular complexity index is 159. The van der Waals surface area contributed by atoms with Gasteiger partial charge in [0.2, 0.25) is 0 Å². The van der Waals surface area contributed by atoms with Crippen molar-refractivity contribution < 1.29 is 9.05 Å². The molecule has 66 valence electrons. The molecule has 0 aromatic heterocycles. The molecule has 4 nitrogen and oxygen atoms in total. The van der Waals surface area contributed by atoms with E-state index in [-0.39, 0.29) is 6.10 Å². The van der Waals surface area contributed by atoms with Gasteiger partial charge in [-0.3, -0.25) is 0 Å². The van der Waals surface area contributed by atoms with Gasteiger partial charge in [0.15, 0.2) is 0 Å². The zero-order valence-electron chi connectivity index (χ0n) is 6.82. The molecular formula is C6H14N2O2S. The van der Waals surface area contributed by atoms with E-state index in [1.165, 1.54) is 0 Å². The van der Waals surface area contributed by atoms with Crippen molar-refractivity contribution in [3.8, 4) is 0 Å². The molecule has 2 N–H and O–H groups in total. The highest BCUT2D eigenvalue weighted by Crippen LogP contribution is 2.26. The van der Waals surface area contributed by atoms with E-state index in [1.807, 2.05) is 11.4 Å². The molecule has 0 radical (unpaired) electrons. The lowest BCUT2D eigenvalue weighted by atomic mass is 9.90. The van der Waals surface area contributed by atoms with Gasteiger partial charge in [-0.1, -0.05) is 0 Å². The van der Waals surface area contributed by atoms with Gasteiger partial charge in [0.25, 0.3) is 0 Å². The molecule has 1 fully saturated rings. The van der Waals surface area contributed by atoms with Crippen LogP contribution in [0.4, 0.5) is 0 Å². The van der Waals surface area contributed by atoms with Gasteiger partial charge in [-0.25, -0.2) is 14.4 Å². The Morgan fingerprint density at radius 2 is 2.18 bits per heavy atom. The van der Waals surface area contributed by atoms with Crippen LogP contribution in [0.15, 0.2) is 0 Å². The van der Waals surface area contributed by atoms with Gasteiger partial charge in [0.1, 0.15) is 0 Å². The maximum atomic E-state index is 10.9. The lowest BCUT2D eigenvalue weighted by Crippen LogP contribution is -2.47. The number of nitrogens with two attached hydrogens (primary N) is 1. The van der Waals surface area contributed by atoms with Crippen LogP contribution in [0.1, 0.15) is 12.8 Å². The molecule has 0 saturated heterocycles. The average Bonchev–Trinajstić information content (AvgIpc) is 1.85. The molecule has 1 atom stereocenters. The Morgan fingerprint density at radius 3 is 2.55 bits per heavy atom. The second-order valence-corrected chi connectivity index (χ2v) is 4.28. The summed E-state index contributed by atoms with van der Waals surface area (Å²) in [5.74, 6) is 4.98. The lowest BCUT2D eigenvalue weighted by molar-refractivity contribution is -0.0304. The van der Waals surface area contributed by atoms with Crippen LogP contribution in [0.3, 0.4) is 0 Å². The smallest absolute Gasteiger partial charge is 0.0910 e. The zero-order valence-corrected chi connectivity index (χ0v) is 7.63. The van der Waals surface area contributed by atoms with Crippen LogP contribution in [0.2, 0.25) is 0 Å². The van der Waals surface area contributed by atoms with Gasteiger partial charge >= 0.3 is 0 Å². The molecule has 0 amide bonds. The van der Waals surface area contributed by atoms with Crippen molar-refractivity contribution in [2.75, 3.05) is 13.3 Å². The number of rotatable bonds is 3. The third kappa shape index (κ3) is 1.99. The van der Waals surface area contributed by atoms with E-state index in [2.05, 4.69) is 4.84 Å². The molecule has 0 aliphatic heterocycles. The van der Waals surface area contributed by atoms with E-state index in [0.29, 0.717) is 6.04 Å². The highest BCUT2D eigenvalue weighted by atomic mass is 32.2. The van der Waals surface area contributed by atoms with Crippen molar-refractivity contribution in [2.45, 2.75) is 25.0 Å². The average molecular weight is 178 g/mol. The Kier molecular flexibility index (Phi) is 3.00. The molecule has 1 aliphatic rings. The molecule has 1 unspecified atom stereocenters. The standard InChI is InChI=1S/C6H14N2O2S/c1-8(11(2)9)5-3-6(4-5)10-7/h5-6H,3-4,7H2,1-2H3. The van der Waals surface area contributed by atoms with Crippen molar-refractivity contribution in [1.29, 1.82) is 0 Å². The van der Waals surface area contributed by atoms with Crippen molar-refractivity contribution in [2.24, 2.45) is 5.90 Å². The Balaban J connectivity index is 2.26. The summed E-state index contributed by atoms with van der Waals surface area (Å²) in [6.07, 6.45) is 3.64. The van der Waals surface area contributed by atoms with E-state index in [9.17, 15) is 4.21 Å². The zero-order chi connectivity index (χ0) is 8.43. The first-order valence-electron chi connectivity index (χ1n) is 3.57. The third-order valence-electron chi connectivity index (χ3n) is 2.18. The molecule has 1 aliphatic carbocycles. The van der Waals surface area contributed by atoms with Crippen LogP contribution in [0.5, 0.6) is 0 Å².